The Bertz CT molecular complexity index is 961. The van der Waals surface area contributed by atoms with Crippen LogP contribution in [-0.4, -0.2) is 27.9 Å². The number of aromatic nitrogens is 2. The number of benzene rings is 2. The van der Waals surface area contributed by atoms with Crippen LogP contribution in [0.25, 0.3) is 0 Å². The summed E-state index contributed by atoms with van der Waals surface area (Å²) in [6.07, 6.45) is 2.45. The number of hydrogen-bond donors (Lipinski definition) is 3. The fourth-order valence-corrected chi connectivity index (χ4v) is 2.59. The summed E-state index contributed by atoms with van der Waals surface area (Å²) in [7, 11) is 0. The molecule has 0 bridgehead atoms. The van der Waals surface area contributed by atoms with Gasteiger partial charge in [0.25, 0.3) is 0 Å². The minimum atomic E-state index is 0.105. The number of rotatable bonds is 9. The Morgan fingerprint density at radius 3 is 2.69 bits per heavy atom. The van der Waals surface area contributed by atoms with Gasteiger partial charge in [-0.1, -0.05) is 37.3 Å². The standard InChI is InChI=1S/C22H25N5O2/c1-3-11-29-19-10-9-18(20(28)13-19)15-24-27-21-12-16(2)25-22(26-21)23-14-17-7-5-4-6-8-17/h4-10,12-13,15,28H,3,11,14H2,1-2H3,(H2,23,25,26,27)/b24-15-. The summed E-state index contributed by atoms with van der Waals surface area (Å²) in [6, 6.07) is 17.0. The van der Waals surface area contributed by atoms with E-state index in [4.69, 9.17) is 4.74 Å². The third-order valence-corrected chi connectivity index (χ3v) is 4.01. The summed E-state index contributed by atoms with van der Waals surface area (Å²) >= 11 is 0. The lowest BCUT2D eigenvalue weighted by Crippen LogP contribution is -2.06. The molecule has 0 atom stereocenters. The third kappa shape index (κ3) is 6.21. The van der Waals surface area contributed by atoms with Crippen molar-refractivity contribution in [1.82, 2.24) is 9.97 Å². The van der Waals surface area contributed by atoms with Crippen molar-refractivity contribution >= 4 is 18.0 Å². The van der Waals surface area contributed by atoms with Gasteiger partial charge in [0.05, 0.1) is 12.8 Å². The van der Waals surface area contributed by atoms with E-state index in [2.05, 4.69) is 25.8 Å². The molecular formula is C22H25N5O2. The Kier molecular flexibility index (Phi) is 7.00. The van der Waals surface area contributed by atoms with E-state index in [1.54, 1.807) is 24.3 Å². The second kappa shape index (κ2) is 10.1. The monoisotopic (exact) mass is 391 g/mol. The molecule has 0 aliphatic rings. The molecule has 0 aliphatic carbocycles. The molecule has 7 heteroatoms. The number of aryl methyl sites for hydroxylation is 1. The molecule has 3 N–H and O–H groups in total. The van der Waals surface area contributed by atoms with Gasteiger partial charge in [0.1, 0.15) is 11.5 Å². The van der Waals surface area contributed by atoms with E-state index >= 15 is 0 Å². The van der Waals surface area contributed by atoms with E-state index in [0.29, 0.717) is 36.2 Å². The van der Waals surface area contributed by atoms with Gasteiger partial charge in [-0.15, -0.1) is 0 Å². The molecule has 3 rings (SSSR count). The van der Waals surface area contributed by atoms with Crippen molar-refractivity contribution in [2.45, 2.75) is 26.8 Å². The van der Waals surface area contributed by atoms with Crippen LogP contribution in [0.1, 0.15) is 30.2 Å². The summed E-state index contributed by atoms with van der Waals surface area (Å²) in [6.45, 7) is 5.17. The molecule has 0 spiro atoms. The minimum absolute atomic E-state index is 0.105. The first-order chi connectivity index (χ1) is 14.1. The first-order valence-electron chi connectivity index (χ1n) is 9.52. The highest BCUT2D eigenvalue weighted by Crippen LogP contribution is 2.22. The number of aromatic hydroxyl groups is 1. The molecule has 0 unspecified atom stereocenters. The molecule has 0 saturated carbocycles. The van der Waals surface area contributed by atoms with E-state index in [1.165, 1.54) is 6.21 Å². The first-order valence-corrected chi connectivity index (χ1v) is 9.52. The van der Waals surface area contributed by atoms with E-state index in [0.717, 1.165) is 17.7 Å². The van der Waals surface area contributed by atoms with Gasteiger partial charge < -0.3 is 15.2 Å². The van der Waals surface area contributed by atoms with Gasteiger partial charge in [-0.2, -0.15) is 10.1 Å². The molecule has 3 aromatic rings. The highest BCUT2D eigenvalue weighted by Gasteiger charge is 2.03. The quantitative estimate of drug-likeness (QED) is 0.371. The van der Waals surface area contributed by atoms with Crippen molar-refractivity contribution < 1.29 is 9.84 Å². The summed E-state index contributed by atoms with van der Waals surface area (Å²) in [4.78, 5) is 8.82. The molecular weight excluding hydrogens is 366 g/mol. The van der Waals surface area contributed by atoms with Crippen molar-refractivity contribution in [1.29, 1.82) is 0 Å². The molecule has 0 radical (unpaired) electrons. The molecule has 7 nitrogen and oxygen atoms in total. The van der Waals surface area contributed by atoms with E-state index in [-0.39, 0.29) is 5.75 Å². The van der Waals surface area contributed by atoms with Crippen LogP contribution in [0, 0.1) is 6.92 Å². The summed E-state index contributed by atoms with van der Waals surface area (Å²) in [5, 5.41) is 17.5. The van der Waals surface area contributed by atoms with Gasteiger partial charge in [-0.05, 0) is 31.0 Å². The predicted octanol–water partition coefficient (Wildman–Crippen LogP) is 4.34. The smallest absolute Gasteiger partial charge is 0.225 e. The predicted molar refractivity (Wildman–Crippen MR) is 116 cm³/mol. The van der Waals surface area contributed by atoms with Gasteiger partial charge in [-0.3, -0.25) is 5.43 Å². The van der Waals surface area contributed by atoms with E-state index in [1.807, 2.05) is 44.2 Å². The van der Waals surface area contributed by atoms with Crippen LogP contribution in [0.3, 0.4) is 0 Å². The zero-order valence-electron chi connectivity index (χ0n) is 16.6. The zero-order chi connectivity index (χ0) is 20.5. The molecule has 1 heterocycles. The first kappa shape index (κ1) is 20.1. The zero-order valence-corrected chi connectivity index (χ0v) is 16.6. The van der Waals surface area contributed by atoms with Crippen LogP contribution in [-0.2, 0) is 6.54 Å². The maximum Gasteiger partial charge on any atom is 0.225 e. The van der Waals surface area contributed by atoms with Crippen molar-refractivity contribution in [3.8, 4) is 11.5 Å². The van der Waals surface area contributed by atoms with Crippen molar-refractivity contribution in [2.24, 2.45) is 5.10 Å². The molecule has 0 saturated heterocycles. The van der Waals surface area contributed by atoms with E-state index < -0.39 is 0 Å². The minimum Gasteiger partial charge on any atom is -0.507 e. The Hall–Kier alpha value is -3.61. The Morgan fingerprint density at radius 1 is 1.10 bits per heavy atom. The summed E-state index contributed by atoms with van der Waals surface area (Å²) in [5.74, 6) is 1.82. The molecule has 2 aromatic carbocycles. The largest absolute Gasteiger partial charge is 0.507 e. The van der Waals surface area contributed by atoms with Crippen LogP contribution in [0.4, 0.5) is 11.8 Å². The topological polar surface area (TPSA) is 91.7 Å². The van der Waals surface area contributed by atoms with Crippen molar-refractivity contribution in [2.75, 3.05) is 17.3 Å². The van der Waals surface area contributed by atoms with Gasteiger partial charge >= 0.3 is 0 Å². The van der Waals surface area contributed by atoms with E-state index in [9.17, 15) is 5.11 Å². The second-order valence-corrected chi connectivity index (χ2v) is 6.50. The van der Waals surface area contributed by atoms with Gasteiger partial charge in [0.15, 0.2) is 5.82 Å². The number of phenols is 1. The highest BCUT2D eigenvalue weighted by molar-refractivity contribution is 5.84. The average Bonchev–Trinajstić information content (AvgIpc) is 2.72. The number of nitrogens with zero attached hydrogens (tertiary/aromatic N) is 3. The van der Waals surface area contributed by atoms with Gasteiger partial charge in [0.2, 0.25) is 5.95 Å². The number of anilines is 2. The maximum atomic E-state index is 10.1. The van der Waals surface area contributed by atoms with Crippen molar-refractivity contribution in [3.05, 3.63) is 71.4 Å². The lowest BCUT2D eigenvalue weighted by molar-refractivity contribution is 0.315. The lowest BCUT2D eigenvalue weighted by atomic mass is 10.2. The van der Waals surface area contributed by atoms with Crippen LogP contribution in [0.2, 0.25) is 0 Å². The number of hydrazone groups is 1. The molecule has 29 heavy (non-hydrogen) atoms. The number of ether oxygens (including phenoxy) is 1. The Labute approximate surface area is 170 Å². The molecule has 0 fully saturated rings. The Balaban J connectivity index is 1.62. The normalized spacial score (nSPS) is 10.8. The fourth-order valence-electron chi connectivity index (χ4n) is 2.59. The van der Waals surface area contributed by atoms with Crippen LogP contribution < -0.4 is 15.5 Å². The maximum absolute atomic E-state index is 10.1. The average molecular weight is 391 g/mol. The number of phenolic OH excluding ortho intramolecular Hbond substituents is 1. The van der Waals surface area contributed by atoms with Crippen LogP contribution in [0.5, 0.6) is 11.5 Å². The molecule has 0 amide bonds. The SMILES string of the molecule is CCCOc1ccc(/C=N\Nc2cc(C)nc(NCc3ccccc3)n2)c(O)c1. The second-order valence-electron chi connectivity index (χ2n) is 6.50. The van der Waals surface area contributed by atoms with Crippen LogP contribution in [0.15, 0.2) is 59.7 Å². The van der Waals surface area contributed by atoms with Crippen LogP contribution >= 0.6 is 0 Å². The molecule has 1 aromatic heterocycles. The third-order valence-electron chi connectivity index (χ3n) is 4.01. The fraction of sp³-hybridized carbons (Fsp3) is 0.227. The number of nitrogens with one attached hydrogen (secondary N) is 2. The highest BCUT2D eigenvalue weighted by atomic mass is 16.5. The lowest BCUT2D eigenvalue weighted by Gasteiger charge is -2.08. The summed E-state index contributed by atoms with van der Waals surface area (Å²) < 4.78 is 5.50. The summed E-state index contributed by atoms with van der Waals surface area (Å²) in [5.41, 5.74) is 5.42. The molecule has 0 aliphatic heterocycles. The molecule has 150 valence electrons. The van der Waals surface area contributed by atoms with Gasteiger partial charge in [0, 0.05) is 29.9 Å². The van der Waals surface area contributed by atoms with Gasteiger partial charge in [-0.25, -0.2) is 4.98 Å². The number of hydrogen-bond acceptors (Lipinski definition) is 7. The van der Waals surface area contributed by atoms with Crippen molar-refractivity contribution in [3.63, 3.8) is 0 Å². The Morgan fingerprint density at radius 2 is 1.93 bits per heavy atom.